The highest BCUT2D eigenvalue weighted by Crippen LogP contribution is 2.22. The molecule has 2 N–H and O–H groups in total. The highest BCUT2D eigenvalue weighted by atomic mass is 16.5. The summed E-state index contributed by atoms with van der Waals surface area (Å²) in [5.74, 6) is 0.722. The van der Waals surface area contributed by atoms with Crippen LogP contribution in [-0.2, 0) is 6.61 Å². The molecule has 0 aliphatic heterocycles. The lowest BCUT2D eigenvalue weighted by Crippen LogP contribution is -1.87. The van der Waals surface area contributed by atoms with Gasteiger partial charge in [0.25, 0.3) is 0 Å². The fourth-order valence-corrected chi connectivity index (χ4v) is 0.815. The Morgan fingerprint density at radius 1 is 1.45 bits per heavy atom. The number of methoxy groups -OCH3 is 1. The highest BCUT2D eigenvalue weighted by Gasteiger charge is 2.00. The fourth-order valence-electron chi connectivity index (χ4n) is 0.815. The number of rotatable bonds is 2. The number of aromatic hydroxyl groups is 1. The summed E-state index contributed by atoms with van der Waals surface area (Å²) in [5.41, 5.74) is 0.476. The van der Waals surface area contributed by atoms with Crippen molar-refractivity contribution in [2.24, 2.45) is 0 Å². The smallest absolute Gasteiger partial charge is 0.121 e. The van der Waals surface area contributed by atoms with Gasteiger partial charge >= 0.3 is 0 Å². The van der Waals surface area contributed by atoms with E-state index in [4.69, 9.17) is 14.9 Å². The van der Waals surface area contributed by atoms with Crippen LogP contribution in [0, 0.1) is 0 Å². The lowest BCUT2D eigenvalue weighted by atomic mass is 10.2. The predicted octanol–water partition coefficient (Wildman–Crippen LogP) is 0.893. The quantitative estimate of drug-likeness (QED) is 0.665. The van der Waals surface area contributed by atoms with Gasteiger partial charge in [-0.2, -0.15) is 0 Å². The Kier molecular flexibility index (Phi) is 2.33. The Morgan fingerprint density at radius 2 is 2.18 bits per heavy atom. The highest BCUT2D eigenvalue weighted by molar-refractivity contribution is 5.38. The third kappa shape index (κ3) is 1.62. The van der Waals surface area contributed by atoms with Gasteiger partial charge in [-0.25, -0.2) is 0 Å². The Labute approximate surface area is 64.9 Å². The number of aliphatic hydroxyl groups is 1. The molecule has 0 aliphatic rings. The molecule has 0 atom stereocenters. The molecule has 1 rings (SSSR count). The van der Waals surface area contributed by atoms with Crippen LogP contribution >= 0.6 is 0 Å². The molecule has 0 aliphatic carbocycles. The van der Waals surface area contributed by atoms with Crippen molar-refractivity contribution in [3.8, 4) is 11.5 Å². The van der Waals surface area contributed by atoms with Crippen molar-refractivity contribution >= 4 is 0 Å². The van der Waals surface area contributed by atoms with E-state index in [1.165, 1.54) is 13.2 Å². The maximum atomic E-state index is 9.11. The lowest BCUT2D eigenvalue weighted by Gasteiger charge is -2.03. The zero-order chi connectivity index (χ0) is 8.27. The predicted molar refractivity (Wildman–Crippen MR) is 40.6 cm³/mol. The third-order valence-electron chi connectivity index (χ3n) is 1.46. The molecule has 3 heteroatoms. The van der Waals surface area contributed by atoms with Crippen LogP contribution in [0.1, 0.15) is 5.56 Å². The summed E-state index contributed by atoms with van der Waals surface area (Å²) in [7, 11) is 1.54. The second-order valence-electron chi connectivity index (χ2n) is 2.15. The van der Waals surface area contributed by atoms with Crippen LogP contribution in [0.4, 0.5) is 0 Å². The zero-order valence-electron chi connectivity index (χ0n) is 6.24. The first-order chi connectivity index (χ1) is 5.27. The molecule has 3 nitrogen and oxygen atoms in total. The van der Waals surface area contributed by atoms with Crippen molar-refractivity contribution < 1.29 is 14.9 Å². The molecule has 0 amide bonds. The van der Waals surface area contributed by atoms with Crippen LogP contribution in [0.5, 0.6) is 11.5 Å². The summed E-state index contributed by atoms with van der Waals surface area (Å²) < 4.78 is 4.89. The SMILES string of the molecule is COc1ccc(O)c(CO)c1. The minimum Gasteiger partial charge on any atom is -0.508 e. The standard InChI is InChI=1S/C8H10O3/c1-11-7-2-3-8(10)6(4-7)5-9/h2-4,9-10H,5H2,1H3. The summed E-state index contributed by atoms with van der Waals surface area (Å²) in [6.07, 6.45) is 0. The molecule has 60 valence electrons. The number of hydrogen-bond acceptors (Lipinski definition) is 3. The monoisotopic (exact) mass is 154 g/mol. The van der Waals surface area contributed by atoms with Crippen LogP contribution in [0.25, 0.3) is 0 Å². The number of aliphatic hydroxyl groups excluding tert-OH is 1. The van der Waals surface area contributed by atoms with Crippen molar-refractivity contribution in [3.63, 3.8) is 0 Å². The molecule has 0 saturated heterocycles. The largest absolute Gasteiger partial charge is 0.508 e. The van der Waals surface area contributed by atoms with E-state index in [0.29, 0.717) is 11.3 Å². The van der Waals surface area contributed by atoms with Gasteiger partial charge in [0.1, 0.15) is 11.5 Å². The van der Waals surface area contributed by atoms with Crippen molar-refractivity contribution in [2.45, 2.75) is 6.61 Å². The van der Waals surface area contributed by atoms with E-state index in [1.807, 2.05) is 0 Å². The van der Waals surface area contributed by atoms with Crippen molar-refractivity contribution in [2.75, 3.05) is 7.11 Å². The Bertz CT molecular complexity index is 245. The first-order valence-corrected chi connectivity index (χ1v) is 3.24. The summed E-state index contributed by atoms with van der Waals surface area (Å²) in [5, 5.41) is 17.8. The Balaban J connectivity index is 3.02. The van der Waals surface area contributed by atoms with E-state index in [1.54, 1.807) is 12.1 Å². The van der Waals surface area contributed by atoms with Gasteiger partial charge in [-0.3, -0.25) is 0 Å². The van der Waals surface area contributed by atoms with Gasteiger partial charge in [0, 0.05) is 5.56 Å². The van der Waals surface area contributed by atoms with Crippen molar-refractivity contribution in [3.05, 3.63) is 23.8 Å². The molecule has 1 aromatic rings. The Hall–Kier alpha value is -1.22. The molecule has 0 fully saturated rings. The normalized spacial score (nSPS) is 9.64. The van der Waals surface area contributed by atoms with Crippen LogP contribution in [-0.4, -0.2) is 17.3 Å². The minimum atomic E-state index is -0.178. The van der Waals surface area contributed by atoms with Gasteiger partial charge in [0.15, 0.2) is 0 Å². The molecule has 0 aromatic heterocycles. The number of ether oxygens (including phenoxy) is 1. The molecule has 11 heavy (non-hydrogen) atoms. The molecule has 0 saturated carbocycles. The van der Waals surface area contributed by atoms with Crippen LogP contribution < -0.4 is 4.74 Å². The molecule has 0 heterocycles. The first kappa shape index (κ1) is 7.88. The lowest BCUT2D eigenvalue weighted by molar-refractivity contribution is 0.274. The van der Waals surface area contributed by atoms with E-state index in [2.05, 4.69) is 0 Å². The minimum absolute atomic E-state index is 0.0910. The zero-order valence-corrected chi connectivity index (χ0v) is 6.24. The van der Waals surface area contributed by atoms with E-state index in [-0.39, 0.29) is 12.4 Å². The van der Waals surface area contributed by atoms with E-state index in [9.17, 15) is 0 Å². The van der Waals surface area contributed by atoms with Gasteiger partial charge in [0.2, 0.25) is 0 Å². The fraction of sp³-hybridized carbons (Fsp3) is 0.250. The molecular formula is C8H10O3. The molecule has 0 spiro atoms. The van der Waals surface area contributed by atoms with E-state index >= 15 is 0 Å². The second-order valence-corrected chi connectivity index (χ2v) is 2.15. The molecule has 0 bridgehead atoms. The number of benzene rings is 1. The maximum absolute atomic E-state index is 9.11. The number of phenols is 1. The van der Waals surface area contributed by atoms with Gasteiger partial charge in [-0.05, 0) is 18.2 Å². The molecule has 0 unspecified atom stereocenters. The van der Waals surface area contributed by atoms with Crippen molar-refractivity contribution in [1.82, 2.24) is 0 Å². The molecular weight excluding hydrogens is 144 g/mol. The summed E-state index contributed by atoms with van der Waals surface area (Å²) in [6.45, 7) is -0.178. The topological polar surface area (TPSA) is 49.7 Å². The van der Waals surface area contributed by atoms with Gasteiger partial charge in [-0.1, -0.05) is 0 Å². The van der Waals surface area contributed by atoms with Crippen molar-refractivity contribution in [1.29, 1.82) is 0 Å². The second kappa shape index (κ2) is 3.25. The summed E-state index contributed by atoms with van der Waals surface area (Å²) in [6, 6.07) is 4.72. The summed E-state index contributed by atoms with van der Waals surface area (Å²) >= 11 is 0. The number of hydrogen-bond donors (Lipinski definition) is 2. The average molecular weight is 154 g/mol. The third-order valence-corrected chi connectivity index (χ3v) is 1.46. The van der Waals surface area contributed by atoms with Crippen LogP contribution in [0.15, 0.2) is 18.2 Å². The van der Waals surface area contributed by atoms with Crippen LogP contribution in [0.2, 0.25) is 0 Å². The average Bonchev–Trinajstić information content (AvgIpc) is 2.05. The molecule has 0 radical (unpaired) electrons. The van der Waals surface area contributed by atoms with Crippen LogP contribution in [0.3, 0.4) is 0 Å². The van der Waals surface area contributed by atoms with Gasteiger partial charge < -0.3 is 14.9 Å². The first-order valence-electron chi connectivity index (χ1n) is 3.24. The maximum Gasteiger partial charge on any atom is 0.121 e. The Morgan fingerprint density at radius 3 is 2.73 bits per heavy atom. The molecule has 1 aromatic carbocycles. The van der Waals surface area contributed by atoms with E-state index in [0.717, 1.165) is 0 Å². The van der Waals surface area contributed by atoms with Gasteiger partial charge in [0.05, 0.1) is 13.7 Å². The summed E-state index contributed by atoms with van der Waals surface area (Å²) in [4.78, 5) is 0. The van der Waals surface area contributed by atoms with Gasteiger partial charge in [-0.15, -0.1) is 0 Å². The van der Waals surface area contributed by atoms with E-state index < -0.39 is 0 Å².